The quantitative estimate of drug-likeness (QED) is 0.529. The van der Waals surface area contributed by atoms with Crippen molar-refractivity contribution >= 4 is 5.97 Å². The van der Waals surface area contributed by atoms with Crippen LogP contribution in [0.1, 0.15) is 70.6 Å². The minimum absolute atomic E-state index is 0.221. The van der Waals surface area contributed by atoms with E-state index in [0.717, 1.165) is 0 Å². The summed E-state index contributed by atoms with van der Waals surface area (Å²) in [7, 11) is 1.44. The monoisotopic (exact) mass is 252 g/mol. The number of rotatable bonds is 2. The van der Waals surface area contributed by atoms with E-state index >= 15 is 0 Å². The second kappa shape index (κ2) is 10.2. The zero-order valence-electron chi connectivity index (χ0n) is 11.8. The maximum Gasteiger partial charge on any atom is 0.330 e. The molecule has 1 aliphatic carbocycles. The third-order valence-corrected chi connectivity index (χ3v) is 3.86. The van der Waals surface area contributed by atoms with E-state index in [2.05, 4.69) is 10.8 Å². The Balaban J connectivity index is 2.36. The molecule has 0 bridgehead atoms. The summed E-state index contributed by atoms with van der Waals surface area (Å²) in [6.07, 6.45) is 18.4. The van der Waals surface area contributed by atoms with Gasteiger partial charge in [-0.2, -0.15) is 0 Å². The highest BCUT2D eigenvalue weighted by molar-refractivity contribution is 5.81. The van der Waals surface area contributed by atoms with Crippen molar-refractivity contribution in [2.75, 3.05) is 7.11 Å². The summed E-state index contributed by atoms with van der Waals surface area (Å²) in [5.74, 6) is 0.352. The topological polar surface area (TPSA) is 26.3 Å². The van der Waals surface area contributed by atoms with Gasteiger partial charge in [-0.1, -0.05) is 63.9 Å². The van der Waals surface area contributed by atoms with Crippen LogP contribution in [0.3, 0.4) is 0 Å². The molecule has 0 aliphatic heterocycles. The van der Waals surface area contributed by atoms with Crippen molar-refractivity contribution < 1.29 is 9.53 Å². The van der Waals surface area contributed by atoms with Crippen molar-refractivity contribution in [1.82, 2.24) is 0 Å². The van der Waals surface area contributed by atoms with E-state index in [1.807, 2.05) is 0 Å². The van der Waals surface area contributed by atoms with Crippen LogP contribution < -0.4 is 0 Å². The maximum atomic E-state index is 11.1. The Morgan fingerprint density at radius 1 is 0.889 bits per heavy atom. The SMILES string of the molecule is COC(=O)/C=C/C1CCCCCCCCCCC1. The predicted molar refractivity (Wildman–Crippen MR) is 75.4 cm³/mol. The molecule has 2 heteroatoms. The molecule has 2 nitrogen and oxygen atoms in total. The van der Waals surface area contributed by atoms with Gasteiger partial charge in [0.05, 0.1) is 7.11 Å². The molecule has 0 saturated heterocycles. The van der Waals surface area contributed by atoms with Crippen molar-refractivity contribution in [3.63, 3.8) is 0 Å². The molecule has 0 aromatic heterocycles. The van der Waals surface area contributed by atoms with Crippen LogP contribution in [-0.2, 0) is 9.53 Å². The summed E-state index contributed by atoms with van der Waals surface area (Å²) in [5.41, 5.74) is 0. The normalized spacial score (nSPS) is 21.2. The molecule has 104 valence electrons. The van der Waals surface area contributed by atoms with E-state index in [1.165, 1.54) is 77.7 Å². The first-order valence-electron chi connectivity index (χ1n) is 7.59. The molecule has 0 aromatic rings. The molecular weight excluding hydrogens is 224 g/mol. The molecule has 0 unspecified atom stereocenters. The van der Waals surface area contributed by atoms with E-state index in [0.29, 0.717) is 5.92 Å². The number of ether oxygens (including phenoxy) is 1. The van der Waals surface area contributed by atoms with Crippen LogP contribution in [-0.4, -0.2) is 13.1 Å². The average Bonchev–Trinajstić information content (AvgIpc) is 2.37. The predicted octanol–water partition coefficient (Wildman–Crippen LogP) is 4.64. The summed E-state index contributed by atoms with van der Waals surface area (Å²) in [6, 6.07) is 0. The molecule has 0 amide bonds. The fourth-order valence-electron chi connectivity index (χ4n) is 2.67. The molecule has 0 heterocycles. The van der Waals surface area contributed by atoms with Crippen molar-refractivity contribution in [2.24, 2.45) is 5.92 Å². The van der Waals surface area contributed by atoms with Gasteiger partial charge in [-0.25, -0.2) is 4.79 Å². The van der Waals surface area contributed by atoms with Crippen LogP contribution in [0.15, 0.2) is 12.2 Å². The Bertz CT molecular complexity index is 233. The third-order valence-electron chi connectivity index (χ3n) is 3.86. The zero-order chi connectivity index (χ0) is 13.1. The van der Waals surface area contributed by atoms with Crippen LogP contribution in [0.4, 0.5) is 0 Å². The summed E-state index contributed by atoms with van der Waals surface area (Å²) < 4.78 is 4.65. The van der Waals surface area contributed by atoms with Crippen LogP contribution in [0.5, 0.6) is 0 Å². The minimum atomic E-state index is -0.221. The Morgan fingerprint density at radius 3 is 1.78 bits per heavy atom. The van der Waals surface area contributed by atoms with Gasteiger partial charge in [0.2, 0.25) is 0 Å². The molecule has 0 atom stereocenters. The Hall–Kier alpha value is -0.790. The molecule has 1 aliphatic rings. The van der Waals surface area contributed by atoms with Crippen LogP contribution in [0, 0.1) is 5.92 Å². The smallest absolute Gasteiger partial charge is 0.330 e. The van der Waals surface area contributed by atoms with Gasteiger partial charge in [0.1, 0.15) is 0 Å². The van der Waals surface area contributed by atoms with Crippen LogP contribution in [0.25, 0.3) is 0 Å². The van der Waals surface area contributed by atoms with Gasteiger partial charge in [-0.05, 0) is 18.8 Å². The van der Waals surface area contributed by atoms with Crippen LogP contribution >= 0.6 is 0 Å². The van der Waals surface area contributed by atoms with E-state index in [4.69, 9.17) is 0 Å². The number of esters is 1. The first-order valence-corrected chi connectivity index (χ1v) is 7.59. The number of hydrogen-bond acceptors (Lipinski definition) is 2. The highest BCUT2D eigenvalue weighted by Crippen LogP contribution is 2.21. The molecule has 0 aromatic carbocycles. The van der Waals surface area contributed by atoms with Gasteiger partial charge < -0.3 is 4.74 Å². The van der Waals surface area contributed by atoms with Gasteiger partial charge >= 0.3 is 5.97 Å². The van der Waals surface area contributed by atoms with E-state index in [-0.39, 0.29) is 5.97 Å². The first-order chi connectivity index (χ1) is 8.83. The fraction of sp³-hybridized carbons (Fsp3) is 0.812. The van der Waals surface area contributed by atoms with E-state index in [9.17, 15) is 4.79 Å². The second-order valence-corrected chi connectivity index (χ2v) is 5.40. The Kier molecular flexibility index (Phi) is 8.62. The summed E-state index contributed by atoms with van der Waals surface area (Å²) in [6.45, 7) is 0. The van der Waals surface area contributed by atoms with Crippen molar-refractivity contribution in [3.8, 4) is 0 Å². The van der Waals surface area contributed by atoms with Gasteiger partial charge in [-0.15, -0.1) is 0 Å². The molecule has 0 N–H and O–H groups in total. The Labute approximate surface area is 112 Å². The van der Waals surface area contributed by atoms with E-state index in [1.54, 1.807) is 6.08 Å². The first kappa shape index (κ1) is 15.3. The second-order valence-electron chi connectivity index (χ2n) is 5.40. The maximum absolute atomic E-state index is 11.1. The van der Waals surface area contributed by atoms with Gasteiger partial charge in [-0.3, -0.25) is 0 Å². The van der Waals surface area contributed by atoms with E-state index < -0.39 is 0 Å². The summed E-state index contributed by atoms with van der Waals surface area (Å²) in [5, 5.41) is 0. The van der Waals surface area contributed by atoms with Gasteiger partial charge in [0.15, 0.2) is 0 Å². The molecule has 18 heavy (non-hydrogen) atoms. The fourth-order valence-corrected chi connectivity index (χ4v) is 2.67. The zero-order valence-corrected chi connectivity index (χ0v) is 11.8. The Morgan fingerprint density at radius 2 is 1.33 bits per heavy atom. The van der Waals surface area contributed by atoms with Gasteiger partial charge in [0.25, 0.3) is 0 Å². The number of carbonyl (C=O) groups excluding carboxylic acids is 1. The lowest BCUT2D eigenvalue weighted by Crippen LogP contribution is -2.01. The highest BCUT2D eigenvalue weighted by Gasteiger charge is 2.07. The number of methoxy groups -OCH3 is 1. The molecule has 1 saturated carbocycles. The molecule has 1 fully saturated rings. The number of hydrogen-bond donors (Lipinski definition) is 0. The number of allylic oxidation sites excluding steroid dienone is 1. The number of carbonyl (C=O) groups is 1. The van der Waals surface area contributed by atoms with Crippen molar-refractivity contribution in [1.29, 1.82) is 0 Å². The lowest BCUT2D eigenvalue weighted by molar-refractivity contribution is -0.134. The van der Waals surface area contributed by atoms with Crippen molar-refractivity contribution in [3.05, 3.63) is 12.2 Å². The lowest BCUT2D eigenvalue weighted by atomic mass is 9.92. The standard InChI is InChI=1S/C16H28O2/c1-18-16(17)14-13-15-11-9-7-5-3-2-4-6-8-10-12-15/h13-15H,2-12H2,1H3/b14-13+. The third kappa shape index (κ3) is 7.52. The van der Waals surface area contributed by atoms with Crippen LogP contribution in [0.2, 0.25) is 0 Å². The lowest BCUT2D eigenvalue weighted by Gasteiger charge is -2.14. The van der Waals surface area contributed by atoms with Crippen molar-refractivity contribution in [2.45, 2.75) is 70.6 Å². The highest BCUT2D eigenvalue weighted by atomic mass is 16.5. The minimum Gasteiger partial charge on any atom is -0.466 e. The molecule has 0 spiro atoms. The molecule has 1 rings (SSSR count). The summed E-state index contributed by atoms with van der Waals surface area (Å²) in [4.78, 5) is 11.1. The largest absolute Gasteiger partial charge is 0.466 e. The molecule has 0 radical (unpaired) electrons. The molecular formula is C16H28O2. The van der Waals surface area contributed by atoms with Gasteiger partial charge in [0, 0.05) is 6.08 Å². The average molecular weight is 252 g/mol. The summed E-state index contributed by atoms with van der Waals surface area (Å²) >= 11 is 0.